The highest BCUT2D eigenvalue weighted by Gasteiger charge is 2.47. The highest BCUT2D eigenvalue weighted by atomic mass is 19.1. The van der Waals surface area contributed by atoms with E-state index in [9.17, 15) is 19.1 Å². The zero-order valence-electron chi connectivity index (χ0n) is 17.5. The molecule has 3 aromatic rings. The predicted molar refractivity (Wildman–Crippen MR) is 118 cm³/mol. The summed E-state index contributed by atoms with van der Waals surface area (Å²) in [5.74, 6) is -2.20. The van der Waals surface area contributed by atoms with Crippen LogP contribution in [0, 0.1) is 26.6 Å². The van der Waals surface area contributed by atoms with Crippen LogP contribution in [0.2, 0.25) is 0 Å². The Morgan fingerprint density at radius 1 is 0.903 bits per heavy atom. The molecule has 0 aliphatic carbocycles. The smallest absolute Gasteiger partial charge is 0.300 e. The van der Waals surface area contributed by atoms with E-state index in [2.05, 4.69) is 0 Å². The molecule has 5 heteroatoms. The van der Waals surface area contributed by atoms with Crippen molar-refractivity contribution in [1.82, 2.24) is 0 Å². The lowest BCUT2D eigenvalue weighted by Gasteiger charge is -2.27. The number of aryl methyl sites for hydroxylation is 3. The summed E-state index contributed by atoms with van der Waals surface area (Å²) >= 11 is 0. The molecule has 1 saturated heterocycles. The van der Waals surface area contributed by atoms with E-state index in [0.717, 1.165) is 11.1 Å². The van der Waals surface area contributed by atoms with E-state index in [1.165, 1.54) is 23.1 Å². The van der Waals surface area contributed by atoms with Gasteiger partial charge in [0.05, 0.1) is 11.6 Å². The molecular formula is C26H22FNO3. The number of nitrogens with zero attached hydrogens (tertiary/aromatic N) is 1. The molecule has 1 atom stereocenters. The first-order valence-electron chi connectivity index (χ1n) is 9.99. The van der Waals surface area contributed by atoms with Crippen molar-refractivity contribution in [3.63, 3.8) is 0 Å². The maximum Gasteiger partial charge on any atom is 0.300 e. The van der Waals surface area contributed by atoms with Crippen molar-refractivity contribution in [2.75, 3.05) is 4.90 Å². The molecule has 0 spiro atoms. The summed E-state index contributed by atoms with van der Waals surface area (Å²) in [7, 11) is 0. The molecule has 1 heterocycles. The van der Waals surface area contributed by atoms with Gasteiger partial charge in [-0.25, -0.2) is 4.39 Å². The second-order valence-electron chi connectivity index (χ2n) is 7.83. The number of halogens is 1. The van der Waals surface area contributed by atoms with Gasteiger partial charge in [0.1, 0.15) is 11.6 Å². The van der Waals surface area contributed by atoms with Gasteiger partial charge in [-0.1, -0.05) is 48.0 Å². The number of aliphatic hydroxyl groups is 1. The van der Waals surface area contributed by atoms with E-state index in [0.29, 0.717) is 22.4 Å². The van der Waals surface area contributed by atoms with E-state index in [-0.39, 0.29) is 11.3 Å². The Labute approximate surface area is 180 Å². The third kappa shape index (κ3) is 3.52. The monoisotopic (exact) mass is 415 g/mol. The van der Waals surface area contributed by atoms with Crippen LogP contribution in [-0.4, -0.2) is 16.8 Å². The number of aliphatic hydroxyl groups excluding tert-OH is 1. The van der Waals surface area contributed by atoms with Crippen LogP contribution >= 0.6 is 0 Å². The van der Waals surface area contributed by atoms with E-state index in [1.54, 1.807) is 19.1 Å². The van der Waals surface area contributed by atoms with Crippen LogP contribution in [0.5, 0.6) is 0 Å². The van der Waals surface area contributed by atoms with Gasteiger partial charge < -0.3 is 5.11 Å². The molecule has 0 radical (unpaired) electrons. The Kier molecular flexibility index (Phi) is 5.19. The lowest BCUT2D eigenvalue weighted by Crippen LogP contribution is -2.30. The molecule has 156 valence electrons. The largest absolute Gasteiger partial charge is 0.507 e. The molecule has 1 fully saturated rings. The normalized spacial score (nSPS) is 17.9. The lowest BCUT2D eigenvalue weighted by atomic mass is 9.93. The number of hydrogen-bond donors (Lipinski definition) is 1. The maximum absolute atomic E-state index is 13.8. The Hall–Kier alpha value is -3.73. The third-order valence-electron chi connectivity index (χ3n) is 5.61. The minimum absolute atomic E-state index is 0.00939. The molecule has 1 amide bonds. The number of benzene rings is 3. The second kappa shape index (κ2) is 7.84. The number of ketones is 1. The van der Waals surface area contributed by atoms with Crippen LogP contribution in [0.15, 0.2) is 72.3 Å². The van der Waals surface area contributed by atoms with Crippen molar-refractivity contribution < 1.29 is 19.1 Å². The summed E-state index contributed by atoms with van der Waals surface area (Å²) in [6.07, 6.45) is 0. The number of hydrogen-bond acceptors (Lipinski definition) is 3. The Morgan fingerprint density at radius 3 is 2.32 bits per heavy atom. The SMILES string of the molecule is Cc1cccc(C2/C(=C(/O)c3ccc(F)c(C)c3)C(=O)C(=O)N2c2ccccc2C)c1. The quantitative estimate of drug-likeness (QED) is 0.355. The summed E-state index contributed by atoms with van der Waals surface area (Å²) in [5.41, 5.74) is 3.73. The molecule has 4 rings (SSSR count). The molecule has 1 N–H and O–H groups in total. The standard InChI is InChI=1S/C26H22FNO3/c1-15-7-6-9-18(13-15)23-22(24(29)19-11-12-20(27)17(3)14-19)25(30)26(31)28(23)21-10-5-4-8-16(21)2/h4-14,23,29H,1-3H3/b24-22-. The summed E-state index contributed by atoms with van der Waals surface area (Å²) in [5, 5.41) is 11.1. The average molecular weight is 415 g/mol. The summed E-state index contributed by atoms with van der Waals surface area (Å²) in [6.45, 7) is 5.37. The number of Topliss-reactive ketones (excluding diaryl/α,β-unsaturated/α-hetero) is 1. The summed E-state index contributed by atoms with van der Waals surface area (Å²) < 4.78 is 13.8. The molecule has 0 saturated carbocycles. The molecule has 1 aliphatic rings. The fraction of sp³-hybridized carbons (Fsp3) is 0.154. The van der Waals surface area contributed by atoms with Gasteiger partial charge in [0.25, 0.3) is 11.7 Å². The van der Waals surface area contributed by atoms with Gasteiger partial charge in [0, 0.05) is 11.3 Å². The van der Waals surface area contributed by atoms with Crippen molar-refractivity contribution in [3.05, 3.63) is 106 Å². The topological polar surface area (TPSA) is 57.6 Å². The number of anilines is 1. The summed E-state index contributed by atoms with van der Waals surface area (Å²) in [6, 6.07) is 18.1. The van der Waals surface area contributed by atoms with Crippen LogP contribution in [0.4, 0.5) is 10.1 Å². The molecule has 0 aromatic heterocycles. The molecule has 3 aromatic carbocycles. The van der Waals surface area contributed by atoms with E-state index >= 15 is 0 Å². The first kappa shape index (κ1) is 20.5. The van der Waals surface area contributed by atoms with Gasteiger partial charge in [0.15, 0.2) is 0 Å². The molecular weight excluding hydrogens is 393 g/mol. The van der Waals surface area contributed by atoms with Crippen molar-refractivity contribution >= 4 is 23.1 Å². The number of rotatable bonds is 3. The van der Waals surface area contributed by atoms with Crippen LogP contribution in [0.3, 0.4) is 0 Å². The minimum atomic E-state index is -0.800. The number of amides is 1. The minimum Gasteiger partial charge on any atom is -0.507 e. The first-order valence-corrected chi connectivity index (χ1v) is 9.99. The van der Waals surface area contributed by atoms with Crippen LogP contribution in [0.25, 0.3) is 5.76 Å². The zero-order chi connectivity index (χ0) is 22.3. The average Bonchev–Trinajstić information content (AvgIpc) is 3.01. The van der Waals surface area contributed by atoms with Gasteiger partial charge in [-0.2, -0.15) is 0 Å². The van der Waals surface area contributed by atoms with Crippen LogP contribution < -0.4 is 4.90 Å². The number of para-hydroxylation sites is 1. The molecule has 4 nitrogen and oxygen atoms in total. The molecule has 1 unspecified atom stereocenters. The molecule has 1 aliphatic heterocycles. The Morgan fingerprint density at radius 2 is 1.65 bits per heavy atom. The highest BCUT2D eigenvalue weighted by molar-refractivity contribution is 6.51. The highest BCUT2D eigenvalue weighted by Crippen LogP contribution is 2.43. The van der Waals surface area contributed by atoms with Gasteiger partial charge in [-0.3, -0.25) is 14.5 Å². The van der Waals surface area contributed by atoms with Crippen molar-refractivity contribution in [2.24, 2.45) is 0 Å². The molecule has 31 heavy (non-hydrogen) atoms. The fourth-order valence-corrected chi connectivity index (χ4v) is 4.02. The number of carbonyl (C=O) groups is 2. The van der Waals surface area contributed by atoms with Gasteiger partial charge >= 0.3 is 0 Å². The lowest BCUT2D eigenvalue weighted by molar-refractivity contribution is -0.132. The van der Waals surface area contributed by atoms with Crippen LogP contribution in [-0.2, 0) is 9.59 Å². The maximum atomic E-state index is 13.8. The van der Waals surface area contributed by atoms with E-state index in [4.69, 9.17) is 0 Å². The van der Waals surface area contributed by atoms with E-state index in [1.807, 2.05) is 50.2 Å². The first-order chi connectivity index (χ1) is 14.8. The Balaban J connectivity index is 1.99. The Bertz CT molecular complexity index is 1240. The van der Waals surface area contributed by atoms with Gasteiger partial charge in [0.2, 0.25) is 0 Å². The van der Waals surface area contributed by atoms with Crippen molar-refractivity contribution in [2.45, 2.75) is 26.8 Å². The third-order valence-corrected chi connectivity index (χ3v) is 5.61. The second-order valence-corrected chi connectivity index (χ2v) is 7.83. The van der Waals surface area contributed by atoms with Gasteiger partial charge in [-0.15, -0.1) is 0 Å². The van der Waals surface area contributed by atoms with Gasteiger partial charge in [-0.05, 0) is 61.7 Å². The van der Waals surface area contributed by atoms with Crippen LogP contribution in [0.1, 0.15) is 33.9 Å². The fourth-order valence-electron chi connectivity index (χ4n) is 4.02. The summed E-state index contributed by atoms with van der Waals surface area (Å²) in [4.78, 5) is 27.8. The zero-order valence-corrected chi connectivity index (χ0v) is 17.5. The predicted octanol–water partition coefficient (Wildman–Crippen LogP) is 5.38. The van der Waals surface area contributed by atoms with Crippen molar-refractivity contribution in [1.29, 1.82) is 0 Å². The van der Waals surface area contributed by atoms with Crippen molar-refractivity contribution in [3.8, 4) is 0 Å². The molecule has 0 bridgehead atoms. The van der Waals surface area contributed by atoms with E-state index < -0.39 is 23.5 Å². The number of carbonyl (C=O) groups excluding carboxylic acids is 2.